The first-order chi connectivity index (χ1) is 42.0. The zero-order valence-corrected chi connectivity index (χ0v) is 55.6. The molecule has 6 nitrogen and oxygen atoms in total. The molecular weight excluding hydrogens is 1240 g/mol. The number of alkyl halides is 12. The Morgan fingerprint density at radius 3 is 1.65 bits per heavy atom. The van der Waals surface area contributed by atoms with Crippen LogP contribution in [0.3, 0.4) is 0 Å². The largest absolute Gasteiger partial charge is 0.429 e. The molecule has 6 aliphatic rings. The van der Waals surface area contributed by atoms with Crippen LogP contribution in [0, 0.1) is 46.3 Å². The van der Waals surface area contributed by atoms with Crippen molar-refractivity contribution in [3.63, 3.8) is 0 Å². The molecule has 0 saturated heterocycles. The molecule has 0 spiro atoms. The maximum atomic E-state index is 14.1. The number of Topliss-reactive ketones (excluding diaryl/α,β-unsaturated/α-hetero) is 1. The summed E-state index contributed by atoms with van der Waals surface area (Å²) in [6.45, 7) is 24.3. The van der Waals surface area contributed by atoms with Crippen molar-refractivity contribution >= 4 is 31.9 Å². The Morgan fingerprint density at radius 2 is 1.15 bits per heavy atom. The first kappa shape index (κ1) is 75.2. The minimum Gasteiger partial charge on any atom is -0.394 e. The summed E-state index contributed by atoms with van der Waals surface area (Å²) in [7, 11) is -5.87. The summed E-state index contributed by atoms with van der Waals surface area (Å²) in [6.07, 6.45) is -3.23. The van der Waals surface area contributed by atoms with E-state index in [9.17, 15) is 77.4 Å². The van der Waals surface area contributed by atoms with Gasteiger partial charge in [-0.25, -0.2) is 0 Å². The van der Waals surface area contributed by atoms with Gasteiger partial charge in [0.05, 0.1) is 12.2 Å². The summed E-state index contributed by atoms with van der Waals surface area (Å²) < 4.78 is 178. The van der Waals surface area contributed by atoms with Crippen molar-refractivity contribution in [3.05, 3.63) is 168 Å². The fraction of sp³-hybridized carbons (Fsp3) is 0.563. The zero-order chi connectivity index (χ0) is 68.1. The van der Waals surface area contributed by atoms with Crippen molar-refractivity contribution in [2.45, 2.75) is 199 Å². The number of hydrogen-bond donors (Lipinski definition) is 3. The Morgan fingerprint density at radius 1 is 0.670 bits per heavy atom. The van der Waals surface area contributed by atoms with Crippen molar-refractivity contribution < 1.29 is 81.8 Å². The molecule has 0 aliphatic heterocycles. The molecule has 0 heterocycles. The molecule has 0 radical (unpaired) electrons. The van der Waals surface area contributed by atoms with Gasteiger partial charge in [0, 0.05) is 35.5 Å². The van der Waals surface area contributed by atoms with Crippen LogP contribution in [0.5, 0.6) is 0 Å². The lowest BCUT2D eigenvalue weighted by atomic mass is 9.62. The monoisotopic (exact) mass is 1330 g/mol. The lowest BCUT2D eigenvalue weighted by Gasteiger charge is -2.42. The van der Waals surface area contributed by atoms with Crippen molar-refractivity contribution in [1.82, 2.24) is 0 Å². The molecule has 10 atom stereocenters. The highest BCUT2D eigenvalue weighted by atomic mass is 31.2. The molecule has 4 fully saturated rings. The predicted octanol–water partition coefficient (Wildman–Crippen LogP) is 19.0. The predicted molar refractivity (Wildman–Crippen MR) is 339 cm³/mol. The van der Waals surface area contributed by atoms with E-state index in [-0.39, 0.29) is 71.7 Å². The number of hydrogen-bond acceptors (Lipinski definition) is 6. The molecule has 20 heteroatoms. The number of carbonyl (C=O) groups excluding carboxylic acids is 1. The average Bonchev–Trinajstić information content (AvgIpc) is 1.76. The van der Waals surface area contributed by atoms with Crippen LogP contribution in [-0.4, -0.2) is 83.7 Å². The van der Waals surface area contributed by atoms with Gasteiger partial charge in [0.25, 0.3) is 11.2 Å². The summed E-state index contributed by atoms with van der Waals surface area (Å²) in [5, 5.41) is 31.3. The summed E-state index contributed by atoms with van der Waals surface area (Å²) in [4.78, 5) is 12.2. The smallest absolute Gasteiger partial charge is 0.394 e. The zero-order valence-electron chi connectivity index (χ0n) is 53.7. The normalized spacial score (nSPS) is 28.5. The SMILES string of the molecule is C=C1/C(=C\C=C2/CCC[C@]3(C)C([C@H](C)C/C=C/C(O)(C(F)(F)F)C(F)(F)F)=CCC23)CC(O)CC1O.C=C1/C(=C\CP(=O)(c2ccccc2)c2ccccc2)C[C@H](C)C[C@@H]1C.C[C@H](C/C=C/C(O[Si](C)(C)C)(C(F)(F)F)C(F)(F)F)C1=CCC2C(=O)CCC[C@]12C. The number of allylic oxidation sites excluding steroid dienone is 12. The maximum absolute atomic E-state index is 14.1. The highest BCUT2D eigenvalue weighted by Gasteiger charge is 2.72. The van der Waals surface area contributed by atoms with Gasteiger partial charge in [0.2, 0.25) is 0 Å². The average molecular weight is 1330 g/mol. The van der Waals surface area contributed by atoms with Crippen LogP contribution in [-0.2, 0) is 13.8 Å². The Bertz CT molecular complexity index is 3090. The molecule has 6 aliphatic carbocycles. The lowest BCUT2D eigenvalue weighted by Crippen LogP contribution is -2.61. The van der Waals surface area contributed by atoms with E-state index in [1.54, 1.807) is 13.8 Å². The Balaban J connectivity index is 0.000000221. The minimum atomic E-state index is -5.87. The first-order valence-corrected chi connectivity index (χ1v) is 36.8. The quantitative estimate of drug-likeness (QED) is 0.0710. The van der Waals surface area contributed by atoms with Crippen LogP contribution in [0.15, 0.2) is 168 Å². The van der Waals surface area contributed by atoms with Gasteiger partial charge in [-0.05, 0) is 172 Å². The van der Waals surface area contributed by atoms with Crippen LogP contribution >= 0.6 is 7.14 Å². The molecular formula is C71H91F12O6PSi. The topological polar surface area (TPSA) is 104 Å². The first-order valence-electron chi connectivity index (χ1n) is 31.5. The van der Waals surface area contributed by atoms with Gasteiger partial charge in [-0.15, -0.1) is 0 Å². The Labute approximate surface area is 530 Å². The second-order valence-corrected chi connectivity index (χ2v) is 34.9. The van der Waals surface area contributed by atoms with Gasteiger partial charge in [-0.1, -0.05) is 175 Å². The number of benzene rings is 2. The summed E-state index contributed by atoms with van der Waals surface area (Å²) in [6, 6.07) is 19.8. The number of halogens is 12. The van der Waals surface area contributed by atoms with E-state index in [1.807, 2.05) is 91.9 Å². The third-order valence-corrected chi connectivity index (χ3v) is 23.5. The van der Waals surface area contributed by atoms with E-state index in [4.69, 9.17) is 4.43 Å². The highest BCUT2D eigenvalue weighted by molar-refractivity contribution is 7.78. The van der Waals surface area contributed by atoms with Gasteiger partial charge in [-0.3, -0.25) is 4.79 Å². The van der Waals surface area contributed by atoms with Crippen molar-refractivity contribution in [2.24, 2.45) is 46.3 Å². The molecule has 504 valence electrons. The van der Waals surface area contributed by atoms with Crippen LogP contribution in [0.1, 0.15) is 131 Å². The summed E-state index contributed by atoms with van der Waals surface area (Å²) in [5.74, 6) is 0.819. The second kappa shape index (κ2) is 29.1. The van der Waals surface area contributed by atoms with Crippen LogP contribution < -0.4 is 10.6 Å². The van der Waals surface area contributed by atoms with Gasteiger partial charge in [0.15, 0.2) is 8.32 Å². The Kier molecular flexibility index (Phi) is 24.0. The molecule has 2 aromatic rings. The molecule has 4 unspecified atom stereocenters. The van der Waals surface area contributed by atoms with E-state index in [2.05, 4.69) is 40.0 Å². The van der Waals surface area contributed by atoms with Gasteiger partial charge in [-0.2, -0.15) is 52.7 Å². The van der Waals surface area contributed by atoms with Gasteiger partial charge >= 0.3 is 24.7 Å². The number of carbonyl (C=O) groups is 1. The van der Waals surface area contributed by atoms with Crippen LogP contribution in [0.25, 0.3) is 0 Å². The maximum Gasteiger partial charge on any atom is 0.429 e. The second-order valence-electron chi connectivity index (χ2n) is 27.6. The summed E-state index contributed by atoms with van der Waals surface area (Å²) >= 11 is 0. The number of aliphatic hydroxyl groups excluding tert-OH is 2. The van der Waals surface area contributed by atoms with Gasteiger partial charge < -0.3 is 24.3 Å². The minimum absolute atomic E-state index is 0.00526. The van der Waals surface area contributed by atoms with Crippen LogP contribution in [0.2, 0.25) is 19.6 Å². The van der Waals surface area contributed by atoms with Crippen molar-refractivity contribution in [2.75, 3.05) is 6.16 Å². The van der Waals surface area contributed by atoms with Gasteiger partial charge in [0.1, 0.15) is 12.9 Å². The number of rotatable bonds is 15. The van der Waals surface area contributed by atoms with E-state index in [0.717, 1.165) is 84.4 Å². The van der Waals surface area contributed by atoms with Crippen molar-refractivity contribution in [3.8, 4) is 0 Å². The van der Waals surface area contributed by atoms with E-state index in [0.29, 0.717) is 42.8 Å². The molecule has 8 rings (SSSR count). The van der Waals surface area contributed by atoms with Crippen LogP contribution in [0.4, 0.5) is 52.7 Å². The molecule has 3 N–H and O–H groups in total. The molecule has 0 amide bonds. The molecule has 0 bridgehead atoms. The molecule has 91 heavy (non-hydrogen) atoms. The molecule has 0 aromatic heterocycles. The fourth-order valence-electron chi connectivity index (χ4n) is 14.7. The molecule has 2 aromatic carbocycles. The van der Waals surface area contributed by atoms with Crippen molar-refractivity contribution in [1.29, 1.82) is 0 Å². The number of ketones is 1. The fourth-order valence-corrected chi connectivity index (χ4v) is 18.4. The highest BCUT2D eigenvalue weighted by Crippen LogP contribution is 2.58. The van der Waals surface area contributed by atoms with E-state index in [1.165, 1.54) is 42.8 Å². The van der Waals surface area contributed by atoms with E-state index >= 15 is 0 Å². The number of aliphatic hydroxyl groups is 3. The molecule has 4 saturated carbocycles. The Hall–Kier alpha value is -4.78. The van der Waals surface area contributed by atoms with E-state index < -0.39 is 63.6 Å². The standard InChI is InChI=1S/C27H34F6O3.C23H27OP.C21H30F6O2Si/c1-16(6-4-13-25(36,26(28,29)30)27(31,32)33)21-10-11-22-18(7-5-12-24(21,22)3)8-9-19-14-20(34)15-23(35)17(19)2;1-18-16-19(2)20(3)21(17-18)14-15-25(24,22-10-6-4-7-11-22)23-12-8-5-9-13-23;1-14(15-10-11-16-17(28)9-7-12-18(15,16)2)8-6-13-19(20(22,23)24,21(25,26)27)29-30(3,4)5/h4,8-10,13,16,20,22-23,34-36H,2,5-7,11-12,14-15H2,1,3H3;4-14,18-19H,3,15-17H2,1-2H3;6,10,13-14,16H,7-9,11-12H2,1-5H3/b13-4+,18-8+,19-9-;21-14-;13-6+/t16-,20?,22?,23?,24-;18-,19+;14-,16?,18-/m111/s1. The third kappa shape index (κ3) is 17.0. The third-order valence-electron chi connectivity index (χ3n) is 19.6. The number of fused-ring (bicyclic) bond motifs is 2. The lowest BCUT2D eigenvalue weighted by molar-refractivity contribution is -0.347. The summed E-state index contributed by atoms with van der Waals surface area (Å²) in [5.41, 5.74) is -2.75.